The fourth-order valence-electron chi connectivity index (χ4n) is 1.60. The van der Waals surface area contributed by atoms with Crippen molar-refractivity contribution in [3.05, 3.63) is 50.6 Å². The number of aldehydes is 1. The van der Waals surface area contributed by atoms with Crippen LogP contribution in [0.25, 0.3) is 0 Å². The quantitative estimate of drug-likeness (QED) is 0.797. The average Bonchev–Trinajstić information content (AvgIpc) is 2.77. The number of carbonyl (C=O) groups excluding carboxylic acids is 1. The van der Waals surface area contributed by atoms with Crippen LogP contribution in [0.15, 0.2) is 40.2 Å². The van der Waals surface area contributed by atoms with E-state index in [0.717, 1.165) is 27.9 Å². The summed E-state index contributed by atoms with van der Waals surface area (Å²) in [6.45, 7) is 0.828. The van der Waals surface area contributed by atoms with Crippen molar-refractivity contribution in [2.45, 2.75) is 6.54 Å². The normalized spacial score (nSPS) is 10.2. The minimum absolute atomic E-state index is 0.765. The van der Waals surface area contributed by atoms with E-state index >= 15 is 0 Å². The van der Waals surface area contributed by atoms with Crippen LogP contribution in [0.5, 0.6) is 0 Å². The van der Waals surface area contributed by atoms with Crippen molar-refractivity contribution in [1.29, 1.82) is 0 Å². The molecule has 0 aliphatic heterocycles. The van der Waals surface area contributed by atoms with Crippen LogP contribution in [0.2, 0.25) is 0 Å². The van der Waals surface area contributed by atoms with E-state index in [1.165, 1.54) is 16.9 Å². The molecular weight excluding hydrogens is 298 g/mol. The Labute approximate surface area is 113 Å². The number of thiophene rings is 1. The topological polar surface area (TPSA) is 20.3 Å². The molecule has 1 heterocycles. The third kappa shape index (κ3) is 3.17. The maximum Gasteiger partial charge on any atom is 0.160 e. The number of carbonyl (C=O) groups is 1. The summed E-state index contributed by atoms with van der Waals surface area (Å²) < 4.78 is 1.09. The zero-order chi connectivity index (χ0) is 12.3. The van der Waals surface area contributed by atoms with Crippen molar-refractivity contribution in [2.24, 2.45) is 0 Å². The van der Waals surface area contributed by atoms with Crippen LogP contribution in [0, 0.1) is 0 Å². The Balaban J connectivity index is 2.10. The third-order valence-corrected chi connectivity index (χ3v) is 3.81. The van der Waals surface area contributed by atoms with Gasteiger partial charge in [0, 0.05) is 29.1 Å². The second-order valence-corrected chi connectivity index (χ2v) is 5.67. The molecule has 0 bridgehead atoms. The van der Waals surface area contributed by atoms with E-state index in [1.807, 2.05) is 30.6 Å². The minimum atomic E-state index is 0.765. The summed E-state index contributed by atoms with van der Waals surface area (Å²) in [6, 6.07) is 10.1. The number of anilines is 1. The summed E-state index contributed by atoms with van der Waals surface area (Å²) in [5.41, 5.74) is 2.32. The van der Waals surface area contributed by atoms with Gasteiger partial charge in [-0.25, -0.2) is 0 Å². The standard InChI is InChI=1S/C13H12BrNOS/c1-15(12-6-13(8-16)17-9-12)7-10-3-2-4-11(14)5-10/h2-6,8-9H,7H2,1H3. The first-order chi connectivity index (χ1) is 8.19. The lowest BCUT2D eigenvalue weighted by Crippen LogP contribution is -2.15. The molecule has 0 unspecified atom stereocenters. The average molecular weight is 310 g/mol. The van der Waals surface area contributed by atoms with E-state index < -0.39 is 0 Å². The van der Waals surface area contributed by atoms with Gasteiger partial charge in [0.15, 0.2) is 6.29 Å². The van der Waals surface area contributed by atoms with Crippen LogP contribution < -0.4 is 4.90 Å². The van der Waals surface area contributed by atoms with Crippen LogP contribution in [0.1, 0.15) is 15.2 Å². The highest BCUT2D eigenvalue weighted by molar-refractivity contribution is 9.10. The highest BCUT2D eigenvalue weighted by atomic mass is 79.9. The van der Waals surface area contributed by atoms with E-state index in [0.29, 0.717) is 0 Å². The Bertz CT molecular complexity index is 524. The first-order valence-electron chi connectivity index (χ1n) is 5.18. The number of hydrogen-bond acceptors (Lipinski definition) is 3. The van der Waals surface area contributed by atoms with Crippen molar-refractivity contribution in [1.82, 2.24) is 0 Å². The lowest BCUT2D eigenvalue weighted by atomic mass is 10.2. The molecule has 2 aromatic rings. The van der Waals surface area contributed by atoms with E-state index in [2.05, 4.69) is 33.0 Å². The van der Waals surface area contributed by atoms with Gasteiger partial charge >= 0.3 is 0 Å². The van der Waals surface area contributed by atoms with Gasteiger partial charge in [-0.3, -0.25) is 4.79 Å². The molecule has 2 nitrogen and oxygen atoms in total. The summed E-state index contributed by atoms with van der Waals surface area (Å²) in [7, 11) is 2.03. The van der Waals surface area contributed by atoms with Gasteiger partial charge in [-0.1, -0.05) is 28.1 Å². The molecule has 0 atom stereocenters. The van der Waals surface area contributed by atoms with Crippen molar-refractivity contribution in [3.8, 4) is 0 Å². The van der Waals surface area contributed by atoms with E-state index in [4.69, 9.17) is 0 Å². The molecule has 0 saturated carbocycles. The summed E-state index contributed by atoms with van der Waals surface area (Å²) in [6.07, 6.45) is 0.890. The summed E-state index contributed by atoms with van der Waals surface area (Å²) >= 11 is 4.93. The maximum atomic E-state index is 10.6. The van der Waals surface area contributed by atoms with Crippen LogP contribution >= 0.6 is 27.3 Å². The molecular formula is C13H12BrNOS. The predicted octanol–water partition coefficient (Wildman–Crippen LogP) is 3.96. The van der Waals surface area contributed by atoms with Crippen LogP contribution in [0.3, 0.4) is 0 Å². The van der Waals surface area contributed by atoms with Crippen LogP contribution in [-0.4, -0.2) is 13.3 Å². The number of hydrogen-bond donors (Lipinski definition) is 0. The fourth-order valence-corrected chi connectivity index (χ4v) is 2.80. The fraction of sp³-hybridized carbons (Fsp3) is 0.154. The SMILES string of the molecule is CN(Cc1cccc(Br)c1)c1csc(C=O)c1. The van der Waals surface area contributed by atoms with Gasteiger partial charge in [-0.2, -0.15) is 0 Å². The number of rotatable bonds is 4. The number of nitrogens with zero attached hydrogens (tertiary/aromatic N) is 1. The first-order valence-corrected chi connectivity index (χ1v) is 6.85. The molecule has 0 aliphatic rings. The monoisotopic (exact) mass is 309 g/mol. The molecule has 0 fully saturated rings. The highest BCUT2D eigenvalue weighted by Crippen LogP contribution is 2.23. The minimum Gasteiger partial charge on any atom is -0.370 e. The largest absolute Gasteiger partial charge is 0.370 e. The number of benzene rings is 1. The molecule has 17 heavy (non-hydrogen) atoms. The van der Waals surface area contributed by atoms with Gasteiger partial charge in [0.2, 0.25) is 0 Å². The van der Waals surface area contributed by atoms with Crippen molar-refractivity contribution in [2.75, 3.05) is 11.9 Å². The molecule has 0 radical (unpaired) electrons. The van der Waals surface area contributed by atoms with Gasteiger partial charge in [0.1, 0.15) is 0 Å². The van der Waals surface area contributed by atoms with Crippen LogP contribution in [0.4, 0.5) is 5.69 Å². The second-order valence-electron chi connectivity index (χ2n) is 3.81. The molecule has 4 heteroatoms. The summed E-state index contributed by atoms with van der Waals surface area (Å²) in [5.74, 6) is 0. The Hall–Kier alpha value is -1.13. The van der Waals surface area contributed by atoms with Gasteiger partial charge in [-0.15, -0.1) is 11.3 Å². The molecule has 1 aromatic heterocycles. The Morgan fingerprint density at radius 1 is 1.41 bits per heavy atom. The van der Waals surface area contributed by atoms with Crippen molar-refractivity contribution in [3.63, 3.8) is 0 Å². The lowest BCUT2D eigenvalue weighted by molar-refractivity contribution is 0.112. The molecule has 0 N–H and O–H groups in total. The molecule has 0 amide bonds. The molecule has 0 spiro atoms. The highest BCUT2D eigenvalue weighted by Gasteiger charge is 2.05. The van der Waals surface area contributed by atoms with Crippen molar-refractivity contribution < 1.29 is 4.79 Å². The third-order valence-electron chi connectivity index (χ3n) is 2.47. The van der Waals surface area contributed by atoms with Gasteiger partial charge in [0.05, 0.1) is 4.88 Å². The van der Waals surface area contributed by atoms with E-state index in [-0.39, 0.29) is 0 Å². The molecule has 88 valence electrons. The van der Waals surface area contributed by atoms with Gasteiger partial charge in [-0.05, 0) is 23.8 Å². The van der Waals surface area contributed by atoms with Crippen molar-refractivity contribution >= 4 is 39.2 Å². The predicted molar refractivity (Wildman–Crippen MR) is 76.0 cm³/mol. The molecule has 2 rings (SSSR count). The molecule has 0 saturated heterocycles. The Morgan fingerprint density at radius 2 is 2.24 bits per heavy atom. The smallest absolute Gasteiger partial charge is 0.160 e. The van der Waals surface area contributed by atoms with E-state index in [9.17, 15) is 4.79 Å². The summed E-state index contributed by atoms with van der Waals surface area (Å²) in [4.78, 5) is 13.5. The Kier molecular flexibility index (Phi) is 3.97. The summed E-state index contributed by atoms with van der Waals surface area (Å²) in [5, 5.41) is 2.00. The lowest BCUT2D eigenvalue weighted by Gasteiger charge is -2.17. The van der Waals surface area contributed by atoms with E-state index in [1.54, 1.807) is 0 Å². The first kappa shape index (κ1) is 12.3. The Morgan fingerprint density at radius 3 is 2.88 bits per heavy atom. The maximum absolute atomic E-state index is 10.6. The van der Waals surface area contributed by atoms with Gasteiger partial charge < -0.3 is 4.90 Å². The number of halogens is 1. The molecule has 1 aromatic carbocycles. The van der Waals surface area contributed by atoms with Gasteiger partial charge in [0.25, 0.3) is 0 Å². The zero-order valence-electron chi connectivity index (χ0n) is 9.39. The van der Waals surface area contributed by atoms with Crippen LogP contribution in [-0.2, 0) is 6.54 Å². The molecule has 0 aliphatic carbocycles. The zero-order valence-corrected chi connectivity index (χ0v) is 11.8. The second kappa shape index (κ2) is 5.47.